The molecule has 0 aromatic carbocycles. The first-order chi connectivity index (χ1) is 9.81. The average molecular weight is 298 g/mol. The minimum atomic E-state index is 0.234. The lowest BCUT2D eigenvalue weighted by Gasteiger charge is -2.45. The molecule has 3 atom stereocenters. The Labute approximate surface area is 128 Å². The molecule has 0 aromatic rings. The topological polar surface area (TPSA) is 21.3 Å². The molecule has 2 aliphatic heterocycles. The van der Waals surface area contributed by atoms with Crippen LogP contribution >= 0.6 is 11.8 Å². The SMILES string of the molecule is CCC1CCCCC1NC1CCOC2(CCSCC2)C1. The van der Waals surface area contributed by atoms with Gasteiger partial charge in [-0.25, -0.2) is 0 Å². The highest BCUT2D eigenvalue weighted by Crippen LogP contribution is 2.38. The summed E-state index contributed by atoms with van der Waals surface area (Å²) < 4.78 is 6.23. The van der Waals surface area contributed by atoms with Crippen LogP contribution in [0.25, 0.3) is 0 Å². The zero-order valence-corrected chi connectivity index (χ0v) is 13.9. The molecule has 1 N–H and O–H groups in total. The molecule has 2 saturated heterocycles. The highest BCUT2D eigenvalue weighted by molar-refractivity contribution is 7.99. The summed E-state index contributed by atoms with van der Waals surface area (Å²) in [6.07, 6.45) is 12.1. The van der Waals surface area contributed by atoms with E-state index >= 15 is 0 Å². The summed E-state index contributed by atoms with van der Waals surface area (Å²) in [5.41, 5.74) is 0.234. The Balaban J connectivity index is 1.56. The molecule has 1 saturated carbocycles. The Morgan fingerprint density at radius 1 is 1.15 bits per heavy atom. The van der Waals surface area contributed by atoms with Crippen molar-refractivity contribution in [3.8, 4) is 0 Å². The monoisotopic (exact) mass is 297 g/mol. The molecular weight excluding hydrogens is 266 g/mol. The summed E-state index contributed by atoms with van der Waals surface area (Å²) in [5, 5.41) is 4.04. The fraction of sp³-hybridized carbons (Fsp3) is 1.00. The second-order valence-corrected chi connectivity index (χ2v) is 8.28. The van der Waals surface area contributed by atoms with Gasteiger partial charge >= 0.3 is 0 Å². The summed E-state index contributed by atoms with van der Waals surface area (Å²) in [6.45, 7) is 3.35. The molecule has 3 fully saturated rings. The number of hydrogen-bond acceptors (Lipinski definition) is 3. The average Bonchev–Trinajstić information content (AvgIpc) is 2.49. The van der Waals surface area contributed by atoms with Crippen LogP contribution in [0.3, 0.4) is 0 Å². The lowest BCUT2D eigenvalue weighted by molar-refractivity contribution is -0.0952. The predicted octanol–water partition coefficient (Wildman–Crippen LogP) is 3.99. The Morgan fingerprint density at radius 3 is 2.75 bits per heavy atom. The second kappa shape index (κ2) is 7.02. The third kappa shape index (κ3) is 3.53. The van der Waals surface area contributed by atoms with E-state index in [1.807, 2.05) is 0 Å². The Bertz CT molecular complexity index is 298. The van der Waals surface area contributed by atoms with Crippen LogP contribution in [0.15, 0.2) is 0 Å². The summed E-state index contributed by atoms with van der Waals surface area (Å²) in [7, 11) is 0. The Hall–Kier alpha value is 0.270. The van der Waals surface area contributed by atoms with Crippen molar-refractivity contribution in [2.75, 3.05) is 18.1 Å². The predicted molar refractivity (Wildman–Crippen MR) is 87.4 cm³/mol. The highest BCUT2D eigenvalue weighted by atomic mass is 32.2. The van der Waals surface area contributed by atoms with Crippen molar-refractivity contribution in [1.29, 1.82) is 0 Å². The van der Waals surface area contributed by atoms with Crippen molar-refractivity contribution in [1.82, 2.24) is 5.32 Å². The fourth-order valence-corrected chi connectivity index (χ4v) is 5.72. The molecule has 1 aliphatic carbocycles. The van der Waals surface area contributed by atoms with E-state index in [1.165, 1.54) is 69.3 Å². The third-order valence-electron chi connectivity index (χ3n) is 5.78. The number of rotatable bonds is 3. The van der Waals surface area contributed by atoms with Gasteiger partial charge in [0.1, 0.15) is 0 Å². The summed E-state index contributed by atoms with van der Waals surface area (Å²) in [4.78, 5) is 0. The van der Waals surface area contributed by atoms with Crippen LogP contribution in [0.2, 0.25) is 0 Å². The van der Waals surface area contributed by atoms with Gasteiger partial charge in [0.25, 0.3) is 0 Å². The van der Waals surface area contributed by atoms with Crippen molar-refractivity contribution >= 4 is 11.8 Å². The molecule has 2 heterocycles. The van der Waals surface area contributed by atoms with Crippen molar-refractivity contribution in [2.45, 2.75) is 82.4 Å². The van der Waals surface area contributed by atoms with Crippen molar-refractivity contribution in [3.05, 3.63) is 0 Å². The molecular formula is C17H31NOS. The van der Waals surface area contributed by atoms with E-state index in [0.717, 1.165) is 18.6 Å². The van der Waals surface area contributed by atoms with Crippen LogP contribution in [0.5, 0.6) is 0 Å². The van der Waals surface area contributed by atoms with E-state index in [4.69, 9.17) is 4.74 Å². The summed E-state index contributed by atoms with van der Waals surface area (Å²) in [5.74, 6) is 3.52. The van der Waals surface area contributed by atoms with E-state index in [9.17, 15) is 0 Å². The van der Waals surface area contributed by atoms with Crippen LogP contribution in [0.1, 0.15) is 64.7 Å². The van der Waals surface area contributed by atoms with Gasteiger partial charge in [0.15, 0.2) is 0 Å². The number of hydrogen-bond donors (Lipinski definition) is 1. The molecule has 0 radical (unpaired) electrons. The van der Waals surface area contributed by atoms with Gasteiger partial charge < -0.3 is 10.1 Å². The van der Waals surface area contributed by atoms with Gasteiger partial charge in [-0.1, -0.05) is 26.2 Å². The van der Waals surface area contributed by atoms with E-state index in [-0.39, 0.29) is 5.60 Å². The molecule has 3 rings (SSSR count). The van der Waals surface area contributed by atoms with Gasteiger partial charge in [-0.05, 0) is 55.9 Å². The Morgan fingerprint density at radius 2 is 1.95 bits per heavy atom. The van der Waals surface area contributed by atoms with Crippen LogP contribution in [0.4, 0.5) is 0 Å². The third-order valence-corrected chi connectivity index (χ3v) is 6.77. The van der Waals surface area contributed by atoms with Crippen LogP contribution in [-0.2, 0) is 4.74 Å². The number of nitrogens with one attached hydrogen (secondary N) is 1. The first kappa shape index (κ1) is 15.2. The zero-order chi connectivity index (χ0) is 13.8. The summed E-state index contributed by atoms with van der Waals surface area (Å²) >= 11 is 2.10. The minimum absolute atomic E-state index is 0.234. The van der Waals surface area contributed by atoms with Gasteiger partial charge in [-0.2, -0.15) is 11.8 Å². The maximum Gasteiger partial charge on any atom is 0.0713 e. The standard InChI is InChI=1S/C17H31NOS/c1-2-14-5-3-4-6-16(14)18-15-7-10-19-17(13-15)8-11-20-12-9-17/h14-16,18H,2-13H2,1H3. The number of ether oxygens (including phenoxy) is 1. The van der Waals surface area contributed by atoms with Gasteiger partial charge in [-0.3, -0.25) is 0 Å². The maximum absolute atomic E-state index is 6.23. The van der Waals surface area contributed by atoms with Crippen molar-refractivity contribution in [2.24, 2.45) is 5.92 Å². The first-order valence-corrected chi connectivity index (χ1v) is 9.94. The van der Waals surface area contributed by atoms with Gasteiger partial charge in [0.2, 0.25) is 0 Å². The molecule has 0 aromatic heterocycles. The minimum Gasteiger partial charge on any atom is -0.375 e. The maximum atomic E-state index is 6.23. The summed E-state index contributed by atoms with van der Waals surface area (Å²) in [6, 6.07) is 1.50. The molecule has 1 spiro atoms. The van der Waals surface area contributed by atoms with Crippen LogP contribution in [-0.4, -0.2) is 35.8 Å². The lowest BCUT2D eigenvalue weighted by Crippen LogP contribution is -2.52. The van der Waals surface area contributed by atoms with Crippen molar-refractivity contribution in [3.63, 3.8) is 0 Å². The van der Waals surface area contributed by atoms with Gasteiger partial charge in [0, 0.05) is 18.7 Å². The highest BCUT2D eigenvalue weighted by Gasteiger charge is 2.39. The van der Waals surface area contributed by atoms with E-state index in [2.05, 4.69) is 24.0 Å². The molecule has 116 valence electrons. The second-order valence-electron chi connectivity index (χ2n) is 7.06. The molecule has 0 amide bonds. The number of thioether (sulfide) groups is 1. The fourth-order valence-electron chi connectivity index (χ4n) is 4.48. The van der Waals surface area contributed by atoms with Crippen LogP contribution < -0.4 is 5.32 Å². The molecule has 3 unspecified atom stereocenters. The van der Waals surface area contributed by atoms with E-state index < -0.39 is 0 Å². The quantitative estimate of drug-likeness (QED) is 0.851. The normalized spacial score (nSPS) is 38.0. The Kier molecular flexibility index (Phi) is 5.33. The molecule has 2 nitrogen and oxygen atoms in total. The first-order valence-electron chi connectivity index (χ1n) is 8.79. The van der Waals surface area contributed by atoms with E-state index in [1.54, 1.807) is 0 Å². The molecule has 0 bridgehead atoms. The molecule has 3 aliphatic rings. The van der Waals surface area contributed by atoms with Gasteiger partial charge in [-0.15, -0.1) is 0 Å². The van der Waals surface area contributed by atoms with Crippen LogP contribution in [0, 0.1) is 5.92 Å². The zero-order valence-electron chi connectivity index (χ0n) is 13.0. The van der Waals surface area contributed by atoms with Crippen molar-refractivity contribution < 1.29 is 4.74 Å². The van der Waals surface area contributed by atoms with Gasteiger partial charge in [0.05, 0.1) is 5.60 Å². The largest absolute Gasteiger partial charge is 0.375 e. The van der Waals surface area contributed by atoms with E-state index in [0.29, 0.717) is 6.04 Å². The molecule has 20 heavy (non-hydrogen) atoms. The smallest absolute Gasteiger partial charge is 0.0713 e. The lowest BCUT2D eigenvalue weighted by atomic mass is 9.80. The molecule has 3 heteroatoms.